The lowest BCUT2D eigenvalue weighted by molar-refractivity contribution is -0.115. The number of nitrogens with one attached hydrogen (secondary N) is 1. The van der Waals surface area contributed by atoms with E-state index in [4.69, 9.17) is 21.8 Å². The highest BCUT2D eigenvalue weighted by atomic mass is 35.5. The van der Waals surface area contributed by atoms with Crippen molar-refractivity contribution in [3.8, 4) is 16.7 Å². The Morgan fingerprint density at radius 3 is 2.59 bits per heavy atom. The number of rotatable bonds is 5. The molecule has 0 unspecified atom stereocenters. The van der Waals surface area contributed by atoms with Crippen LogP contribution in [0.3, 0.4) is 0 Å². The van der Waals surface area contributed by atoms with Crippen molar-refractivity contribution in [2.75, 3.05) is 5.32 Å². The molecular formula is C22H15ClN4OS. The van der Waals surface area contributed by atoms with E-state index in [0.717, 1.165) is 39.3 Å². The van der Waals surface area contributed by atoms with Gasteiger partial charge in [0, 0.05) is 27.4 Å². The van der Waals surface area contributed by atoms with Gasteiger partial charge in [0.2, 0.25) is 5.91 Å². The summed E-state index contributed by atoms with van der Waals surface area (Å²) in [5.74, 6) is -0.147. The molecular weight excluding hydrogens is 404 g/mol. The van der Waals surface area contributed by atoms with Crippen molar-refractivity contribution in [3.63, 3.8) is 0 Å². The predicted octanol–water partition coefficient (Wildman–Crippen LogP) is 5.41. The van der Waals surface area contributed by atoms with Gasteiger partial charge >= 0.3 is 0 Å². The van der Waals surface area contributed by atoms with Crippen LogP contribution in [0.5, 0.6) is 0 Å². The lowest BCUT2D eigenvalue weighted by Gasteiger charge is -2.08. The first-order valence-electron chi connectivity index (χ1n) is 8.82. The first-order valence-corrected chi connectivity index (χ1v) is 10.0. The summed E-state index contributed by atoms with van der Waals surface area (Å²) in [6.45, 7) is 0. The molecule has 0 saturated heterocycles. The number of nitriles is 1. The van der Waals surface area contributed by atoms with Gasteiger partial charge in [0.25, 0.3) is 0 Å². The maximum Gasteiger partial charge on any atom is 0.230 e. The van der Waals surface area contributed by atoms with Crippen LogP contribution < -0.4 is 5.32 Å². The number of pyridine rings is 1. The van der Waals surface area contributed by atoms with Crippen LogP contribution in [-0.4, -0.2) is 15.3 Å². The van der Waals surface area contributed by atoms with Crippen LogP contribution in [0.15, 0.2) is 77.8 Å². The van der Waals surface area contributed by atoms with Crippen molar-refractivity contribution in [2.45, 2.75) is 11.3 Å². The summed E-state index contributed by atoms with van der Waals surface area (Å²) < 4.78 is 1.93. The number of thiocyanates is 1. The molecule has 0 radical (unpaired) electrons. The molecule has 29 heavy (non-hydrogen) atoms. The van der Waals surface area contributed by atoms with E-state index in [9.17, 15) is 4.79 Å². The number of hydrogen-bond acceptors (Lipinski definition) is 4. The van der Waals surface area contributed by atoms with E-state index in [0.29, 0.717) is 10.7 Å². The van der Waals surface area contributed by atoms with Crippen LogP contribution in [0.4, 0.5) is 5.69 Å². The SMILES string of the molecule is N#CSc1ccc(NC(=O)Cc2c(-c3ccc(Cl)cc3)nc3ccccn23)cc1. The monoisotopic (exact) mass is 418 g/mol. The summed E-state index contributed by atoms with van der Waals surface area (Å²) in [5, 5.41) is 14.3. The zero-order valence-corrected chi connectivity index (χ0v) is 16.7. The molecule has 1 N–H and O–H groups in total. The predicted molar refractivity (Wildman–Crippen MR) is 116 cm³/mol. The molecule has 0 fully saturated rings. The van der Waals surface area contributed by atoms with Gasteiger partial charge in [-0.25, -0.2) is 4.98 Å². The molecule has 0 aliphatic rings. The molecule has 0 aliphatic carbocycles. The Bertz CT molecular complexity index is 1210. The summed E-state index contributed by atoms with van der Waals surface area (Å²) in [7, 11) is 0. The fraction of sp³-hybridized carbons (Fsp3) is 0.0455. The number of carbonyl (C=O) groups excluding carboxylic acids is 1. The van der Waals surface area contributed by atoms with E-state index in [2.05, 4.69) is 5.32 Å². The van der Waals surface area contributed by atoms with Crippen LogP contribution in [-0.2, 0) is 11.2 Å². The van der Waals surface area contributed by atoms with Crippen molar-refractivity contribution in [1.82, 2.24) is 9.38 Å². The molecule has 0 saturated carbocycles. The summed E-state index contributed by atoms with van der Waals surface area (Å²) in [5.41, 5.74) is 3.91. The van der Waals surface area contributed by atoms with Gasteiger partial charge < -0.3 is 9.72 Å². The Morgan fingerprint density at radius 1 is 1.10 bits per heavy atom. The highest BCUT2D eigenvalue weighted by Crippen LogP contribution is 2.27. The minimum Gasteiger partial charge on any atom is -0.326 e. The Hall–Kier alpha value is -3.27. The van der Waals surface area contributed by atoms with E-state index < -0.39 is 0 Å². The molecule has 2 aromatic heterocycles. The Morgan fingerprint density at radius 2 is 1.86 bits per heavy atom. The normalized spacial score (nSPS) is 10.6. The van der Waals surface area contributed by atoms with Gasteiger partial charge in [0.1, 0.15) is 11.0 Å². The van der Waals surface area contributed by atoms with Crippen molar-refractivity contribution < 1.29 is 4.79 Å². The number of fused-ring (bicyclic) bond motifs is 1. The van der Waals surface area contributed by atoms with E-state index >= 15 is 0 Å². The highest BCUT2D eigenvalue weighted by Gasteiger charge is 2.17. The number of aromatic nitrogens is 2. The van der Waals surface area contributed by atoms with Gasteiger partial charge in [-0.3, -0.25) is 4.79 Å². The zero-order valence-electron chi connectivity index (χ0n) is 15.2. The second-order valence-electron chi connectivity index (χ2n) is 6.29. The molecule has 2 aromatic carbocycles. The molecule has 0 aliphatic heterocycles. The quantitative estimate of drug-likeness (QED) is 0.347. The third-order valence-corrected chi connectivity index (χ3v) is 5.23. The van der Waals surface area contributed by atoms with Crippen molar-refractivity contribution in [1.29, 1.82) is 5.26 Å². The maximum absolute atomic E-state index is 12.7. The number of thioether (sulfide) groups is 1. The van der Waals surface area contributed by atoms with Gasteiger partial charge in [-0.1, -0.05) is 29.8 Å². The molecule has 142 valence electrons. The van der Waals surface area contributed by atoms with Crippen LogP contribution in [0.2, 0.25) is 5.02 Å². The largest absolute Gasteiger partial charge is 0.326 e. The van der Waals surface area contributed by atoms with E-state index in [1.54, 1.807) is 24.3 Å². The number of hydrogen-bond donors (Lipinski definition) is 1. The van der Waals surface area contributed by atoms with E-state index in [-0.39, 0.29) is 12.3 Å². The van der Waals surface area contributed by atoms with Gasteiger partial charge in [0.05, 0.1) is 17.8 Å². The van der Waals surface area contributed by atoms with Gasteiger partial charge in [0.15, 0.2) is 0 Å². The fourth-order valence-electron chi connectivity index (χ4n) is 3.07. The molecule has 2 heterocycles. The number of nitrogens with zero attached hydrogens (tertiary/aromatic N) is 3. The maximum atomic E-state index is 12.7. The summed E-state index contributed by atoms with van der Waals surface area (Å²) in [4.78, 5) is 18.3. The fourth-order valence-corrected chi connectivity index (χ4v) is 3.57. The third kappa shape index (κ3) is 4.27. The Labute approximate surface area is 177 Å². The van der Waals surface area contributed by atoms with E-state index in [1.165, 1.54) is 0 Å². The van der Waals surface area contributed by atoms with Gasteiger partial charge in [-0.15, -0.1) is 0 Å². The van der Waals surface area contributed by atoms with E-state index in [1.807, 2.05) is 58.5 Å². The number of halogens is 1. The molecule has 4 aromatic rings. The molecule has 4 rings (SSSR count). The molecule has 1 amide bonds. The van der Waals surface area contributed by atoms with Crippen LogP contribution in [0, 0.1) is 10.7 Å². The van der Waals surface area contributed by atoms with Crippen LogP contribution in [0.25, 0.3) is 16.9 Å². The third-order valence-electron chi connectivity index (χ3n) is 4.38. The minimum absolute atomic E-state index is 0.147. The number of benzene rings is 2. The van der Waals surface area contributed by atoms with Crippen molar-refractivity contribution in [2.24, 2.45) is 0 Å². The topological polar surface area (TPSA) is 70.2 Å². The number of amides is 1. The molecule has 0 spiro atoms. The summed E-state index contributed by atoms with van der Waals surface area (Å²) in [6, 6.07) is 20.3. The molecule has 0 atom stereocenters. The number of anilines is 1. The minimum atomic E-state index is -0.147. The average molecular weight is 419 g/mol. The molecule has 5 nitrogen and oxygen atoms in total. The lowest BCUT2D eigenvalue weighted by atomic mass is 10.1. The van der Waals surface area contributed by atoms with Crippen LogP contribution in [0.1, 0.15) is 5.69 Å². The standard InChI is InChI=1S/C22H15ClN4OS/c23-16-6-4-15(5-7-16)22-19(27-12-2-1-3-20(27)26-22)13-21(28)25-17-8-10-18(11-9-17)29-14-24/h1-12H,13H2,(H,25,28). The second kappa shape index (κ2) is 8.39. The number of imidazole rings is 1. The Kier molecular flexibility index (Phi) is 5.52. The van der Waals surface area contributed by atoms with Gasteiger partial charge in [-0.2, -0.15) is 5.26 Å². The lowest BCUT2D eigenvalue weighted by Crippen LogP contribution is -2.16. The zero-order chi connectivity index (χ0) is 20.2. The average Bonchev–Trinajstić information content (AvgIpc) is 3.09. The second-order valence-corrected chi connectivity index (χ2v) is 7.58. The number of carbonyl (C=O) groups is 1. The Balaban J connectivity index is 1.62. The molecule has 7 heteroatoms. The highest BCUT2D eigenvalue weighted by molar-refractivity contribution is 8.03. The summed E-state index contributed by atoms with van der Waals surface area (Å²) in [6.07, 6.45) is 2.07. The van der Waals surface area contributed by atoms with Crippen molar-refractivity contribution in [3.05, 3.63) is 83.6 Å². The first-order chi connectivity index (χ1) is 14.1. The smallest absolute Gasteiger partial charge is 0.230 e. The van der Waals surface area contributed by atoms with Gasteiger partial charge in [-0.05, 0) is 60.3 Å². The van der Waals surface area contributed by atoms with Crippen LogP contribution >= 0.6 is 23.4 Å². The summed E-state index contributed by atoms with van der Waals surface area (Å²) >= 11 is 7.09. The molecule has 0 bridgehead atoms. The first kappa shape index (κ1) is 19.1. The van der Waals surface area contributed by atoms with Crippen molar-refractivity contribution >= 4 is 40.6 Å².